The molecular weight excluding hydrogens is 459 g/mol. The summed E-state index contributed by atoms with van der Waals surface area (Å²) < 4.78 is 5.77. The lowest BCUT2D eigenvalue weighted by Gasteiger charge is -2.33. The van der Waals surface area contributed by atoms with Crippen LogP contribution in [0.4, 0.5) is 0 Å². The predicted octanol–water partition coefficient (Wildman–Crippen LogP) is 6.22. The minimum Gasteiger partial charge on any atom is -0.484 e. The van der Waals surface area contributed by atoms with E-state index < -0.39 is 11.6 Å². The molecule has 0 aliphatic rings. The third-order valence-corrected chi connectivity index (χ3v) is 5.74. The highest BCUT2D eigenvalue weighted by molar-refractivity contribution is 6.35. The number of amides is 2. The first-order valence-corrected chi connectivity index (χ1v) is 11.9. The smallest absolute Gasteiger partial charge is 0.261 e. The SMILES string of the molecule is CC[C@@H](C(=O)NC(C)(C)C)N(Cc1ccc(Cl)cc1Cl)C(=O)COc1ccc(C(C)C)cc1. The first-order valence-electron chi connectivity index (χ1n) is 11.2. The van der Waals surface area contributed by atoms with Crippen LogP contribution in [-0.2, 0) is 16.1 Å². The van der Waals surface area contributed by atoms with Crippen LogP contribution in [-0.4, -0.2) is 34.9 Å². The summed E-state index contributed by atoms with van der Waals surface area (Å²) in [5.41, 5.74) is 1.47. The molecule has 0 radical (unpaired) electrons. The van der Waals surface area contributed by atoms with E-state index >= 15 is 0 Å². The van der Waals surface area contributed by atoms with Crippen LogP contribution in [0.25, 0.3) is 0 Å². The third kappa shape index (κ3) is 8.24. The number of ether oxygens (including phenoxy) is 1. The zero-order valence-corrected chi connectivity index (χ0v) is 21.8. The summed E-state index contributed by atoms with van der Waals surface area (Å²) in [6.07, 6.45) is 0.446. The molecule has 180 valence electrons. The van der Waals surface area contributed by atoms with Gasteiger partial charge in [0, 0.05) is 22.1 Å². The second kappa shape index (κ2) is 11.8. The average Bonchev–Trinajstić information content (AvgIpc) is 2.72. The average molecular weight is 493 g/mol. The minimum atomic E-state index is -0.671. The fourth-order valence-electron chi connectivity index (χ4n) is 3.38. The van der Waals surface area contributed by atoms with Crippen molar-refractivity contribution in [3.63, 3.8) is 0 Å². The Balaban J connectivity index is 2.25. The van der Waals surface area contributed by atoms with E-state index in [1.807, 2.05) is 52.0 Å². The van der Waals surface area contributed by atoms with E-state index in [9.17, 15) is 9.59 Å². The maximum atomic E-state index is 13.3. The van der Waals surface area contributed by atoms with Crippen LogP contribution in [0.2, 0.25) is 10.0 Å². The molecule has 0 heterocycles. The first kappa shape index (κ1) is 27.0. The number of benzene rings is 2. The quantitative estimate of drug-likeness (QED) is 0.451. The van der Waals surface area contributed by atoms with Crippen molar-refractivity contribution in [3.8, 4) is 5.75 Å². The van der Waals surface area contributed by atoms with Gasteiger partial charge in [0.2, 0.25) is 5.91 Å². The van der Waals surface area contributed by atoms with Gasteiger partial charge in [-0.2, -0.15) is 0 Å². The summed E-state index contributed by atoms with van der Waals surface area (Å²) in [7, 11) is 0. The molecule has 1 atom stereocenters. The molecule has 2 rings (SSSR count). The van der Waals surface area contributed by atoms with E-state index in [0.29, 0.717) is 33.7 Å². The van der Waals surface area contributed by atoms with Gasteiger partial charge in [0.1, 0.15) is 11.8 Å². The highest BCUT2D eigenvalue weighted by Crippen LogP contribution is 2.24. The first-order chi connectivity index (χ1) is 15.4. The Bertz CT molecular complexity index is 953. The van der Waals surface area contributed by atoms with Gasteiger partial charge in [0.25, 0.3) is 5.91 Å². The fraction of sp³-hybridized carbons (Fsp3) is 0.462. The van der Waals surface area contributed by atoms with Gasteiger partial charge in [0.15, 0.2) is 6.61 Å². The van der Waals surface area contributed by atoms with Crippen molar-refractivity contribution in [1.29, 1.82) is 0 Å². The standard InChI is InChI=1S/C26H34Cl2N2O3/c1-7-23(25(32)29-26(4,5)6)30(15-19-8-11-20(27)14-22(19)28)24(31)16-33-21-12-9-18(10-13-21)17(2)3/h8-14,17,23H,7,15-16H2,1-6H3,(H,29,32)/t23-/m0/s1. The molecule has 7 heteroatoms. The largest absolute Gasteiger partial charge is 0.484 e. The van der Waals surface area contributed by atoms with Gasteiger partial charge in [-0.05, 0) is 68.5 Å². The highest BCUT2D eigenvalue weighted by atomic mass is 35.5. The molecule has 0 saturated carbocycles. The summed E-state index contributed by atoms with van der Waals surface area (Å²) in [4.78, 5) is 27.9. The lowest BCUT2D eigenvalue weighted by molar-refractivity contribution is -0.143. The van der Waals surface area contributed by atoms with E-state index in [1.54, 1.807) is 18.2 Å². The molecule has 0 saturated heterocycles. The number of nitrogens with zero attached hydrogens (tertiary/aromatic N) is 1. The van der Waals surface area contributed by atoms with Crippen molar-refractivity contribution >= 4 is 35.0 Å². The molecule has 0 bridgehead atoms. The lowest BCUT2D eigenvalue weighted by Crippen LogP contribution is -2.54. The molecule has 33 heavy (non-hydrogen) atoms. The summed E-state index contributed by atoms with van der Waals surface area (Å²) in [5, 5.41) is 3.93. The number of rotatable bonds is 9. The van der Waals surface area contributed by atoms with Crippen LogP contribution < -0.4 is 10.1 Å². The van der Waals surface area contributed by atoms with Crippen LogP contribution in [0, 0.1) is 0 Å². The second-order valence-corrected chi connectivity index (χ2v) is 10.3. The second-order valence-electron chi connectivity index (χ2n) is 9.43. The van der Waals surface area contributed by atoms with Gasteiger partial charge in [0.05, 0.1) is 0 Å². The Morgan fingerprint density at radius 3 is 2.21 bits per heavy atom. The Hall–Kier alpha value is -2.24. The number of hydrogen-bond donors (Lipinski definition) is 1. The summed E-state index contributed by atoms with van der Waals surface area (Å²) >= 11 is 12.4. The van der Waals surface area contributed by atoms with Crippen molar-refractivity contribution in [2.24, 2.45) is 0 Å². The van der Waals surface area contributed by atoms with Crippen molar-refractivity contribution in [3.05, 3.63) is 63.6 Å². The topological polar surface area (TPSA) is 58.6 Å². The molecule has 5 nitrogen and oxygen atoms in total. The maximum Gasteiger partial charge on any atom is 0.261 e. The van der Waals surface area contributed by atoms with Crippen LogP contribution in [0.1, 0.15) is 65.0 Å². The minimum absolute atomic E-state index is 0.167. The number of hydrogen-bond acceptors (Lipinski definition) is 3. The molecular formula is C26H34Cl2N2O3. The molecule has 0 aromatic heterocycles. The normalized spacial score (nSPS) is 12.4. The van der Waals surface area contributed by atoms with E-state index in [-0.39, 0.29) is 25.0 Å². The van der Waals surface area contributed by atoms with Crippen LogP contribution in [0.5, 0.6) is 5.75 Å². The predicted molar refractivity (Wildman–Crippen MR) is 135 cm³/mol. The Labute approximate surface area is 207 Å². The van der Waals surface area contributed by atoms with E-state index in [2.05, 4.69) is 19.2 Å². The van der Waals surface area contributed by atoms with Crippen molar-refractivity contribution < 1.29 is 14.3 Å². The van der Waals surface area contributed by atoms with Crippen molar-refractivity contribution in [2.75, 3.05) is 6.61 Å². The fourth-order valence-corrected chi connectivity index (χ4v) is 3.85. The third-order valence-electron chi connectivity index (χ3n) is 5.15. The molecule has 0 aliphatic carbocycles. The molecule has 2 aromatic rings. The van der Waals surface area contributed by atoms with E-state index in [0.717, 1.165) is 0 Å². The summed E-state index contributed by atoms with van der Waals surface area (Å²) in [5.74, 6) is 0.492. The monoisotopic (exact) mass is 492 g/mol. The van der Waals surface area contributed by atoms with Crippen LogP contribution >= 0.6 is 23.2 Å². The molecule has 0 unspecified atom stereocenters. The summed E-state index contributed by atoms with van der Waals surface area (Å²) in [6.45, 7) is 11.8. The molecule has 1 N–H and O–H groups in total. The lowest BCUT2D eigenvalue weighted by atomic mass is 10.0. The molecule has 2 amide bonds. The molecule has 0 spiro atoms. The number of halogens is 2. The summed E-state index contributed by atoms with van der Waals surface area (Å²) in [6, 6.07) is 12.1. The van der Waals surface area contributed by atoms with Gasteiger partial charge in [-0.15, -0.1) is 0 Å². The zero-order valence-electron chi connectivity index (χ0n) is 20.2. The Kier molecular flexibility index (Phi) is 9.62. The maximum absolute atomic E-state index is 13.3. The van der Waals surface area contributed by atoms with Gasteiger partial charge in [-0.1, -0.05) is 62.2 Å². The number of carbonyl (C=O) groups excluding carboxylic acids is 2. The van der Waals surface area contributed by atoms with Crippen molar-refractivity contribution in [2.45, 2.75) is 72.0 Å². The van der Waals surface area contributed by atoms with Gasteiger partial charge in [-0.25, -0.2) is 0 Å². The van der Waals surface area contributed by atoms with Gasteiger partial charge < -0.3 is 15.0 Å². The molecule has 2 aromatic carbocycles. The highest BCUT2D eigenvalue weighted by Gasteiger charge is 2.31. The Morgan fingerprint density at radius 2 is 1.70 bits per heavy atom. The van der Waals surface area contributed by atoms with Crippen molar-refractivity contribution in [1.82, 2.24) is 10.2 Å². The number of carbonyl (C=O) groups is 2. The van der Waals surface area contributed by atoms with Gasteiger partial charge >= 0.3 is 0 Å². The van der Waals surface area contributed by atoms with Crippen LogP contribution in [0.15, 0.2) is 42.5 Å². The molecule has 0 fully saturated rings. The van der Waals surface area contributed by atoms with E-state index in [1.165, 1.54) is 10.5 Å². The van der Waals surface area contributed by atoms with Gasteiger partial charge in [-0.3, -0.25) is 9.59 Å². The number of nitrogens with one attached hydrogen (secondary N) is 1. The molecule has 0 aliphatic heterocycles. The van der Waals surface area contributed by atoms with Crippen LogP contribution in [0.3, 0.4) is 0 Å². The zero-order chi connectivity index (χ0) is 24.8. The van der Waals surface area contributed by atoms with E-state index in [4.69, 9.17) is 27.9 Å². The Morgan fingerprint density at radius 1 is 1.06 bits per heavy atom.